The number of aliphatic hydroxyl groups excluding tert-OH is 2. The highest BCUT2D eigenvalue weighted by molar-refractivity contribution is 5.67. The van der Waals surface area contributed by atoms with Gasteiger partial charge in [-0.25, -0.2) is 0 Å². The molecule has 0 aromatic heterocycles. The van der Waals surface area contributed by atoms with Crippen LogP contribution in [0.5, 0.6) is 0 Å². The molecule has 0 aliphatic heterocycles. The zero-order valence-electron chi connectivity index (χ0n) is 8.93. The first-order chi connectivity index (χ1) is 7.09. The lowest BCUT2D eigenvalue weighted by molar-refractivity contribution is -0.141. The van der Waals surface area contributed by atoms with Crippen molar-refractivity contribution in [2.75, 3.05) is 0 Å². The van der Waals surface area contributed by atoms with Crippen molar-refractivity contribution >= 4 is 5.97 Å². The molecule has 0 radical (unpaired) electrons. The number of hydrogen-bond acceptors (Lipinski definition) is 3. The highest BCUT2D eigenvalue weighted by Gasteiger charge is 2.24. The monoisotopic (exact) mass is 216 g/mol. The number of carboxylic acid groups (broad SMARTS) is 1. The van der Waals surface area contributed by atoms with E-state index >= 15 is 0 Å². The maximum Gasteiger partial charge on any atom is 0.306 e. The van der Waals surface area contributed by atoms with Crippen LogP contribution in [-0.2, 0) is 4.79 Å². The molecule has 0 spiro atoms. The van der Waals surface area contributed by atoms with Crippen molar-refractivity contribution in [3.63, 3.8) is 0 Å². The summed E-state index contributed by atoms with van der Waals surface area (Å²) >= 11 is 0. The highest BCUT2D eigenvalue weighted by Crippen LogP contribution is 2.28. The second kappa shape index (κ2) is 6.08. The molecule has 0 heterocycles. The van der Waals surface area contributed by atoms with E-state index in [2.05, 4.69) is 0 Å². The van der Waals surface area contributed by atoms with Crippen molar-refractivity contribution in [1.29, 1.82) is 0 Å². The average Bonchev–Trinajstić information content (AvgIpc) is 2.18. The van der Waals surface area contributed by atoms with Crippen molar-refractivity contribution in [2.45, 2.75) is 57.2 Å². The number of rotatable bonds is 5. The van der Waals surface area contributed by atoms with Crippen molar-refractivity contribution in [3.05, 3.63) is 0 Å². The Morgan fingerprint density at radius 2 is 1.73 bits per heavy atom. The third-order valence-electron chi connectivity index (χ3n) is 3.13. The SMILES string of the molecule is O=C(O)C[C@H](O)[C@@H](O)CC1CCCCC1. The van der Waals surface area contributed by atoms with Crippen molar-refractivity contribution in [3.8, 4) is 0 Å². The van der Waals surface area contributed by atoms with Gasteiger partial charge in [-0.05, 0) is 12.3 Å². The van der Waals surface area contributed by atoms with E-state index in [1.54, 1.807) is 0 Å². The number of carbonyl (C=O) groups is 1. The normalized spacial score (nSPS) is 22.3. The van der Waals surface area contributed by atoms with Crippen molar-refractivity contribution in [2.24, 2.45) is 5.92 Å². The molecule has 1 aliphatic rings. The average molecular weight is 216 g/mol. The molecule has 0 aromatic carbocycles. The summed E-state index contributed by atoms with van der Waals surface area (Å²) in [4.78, 5) is 10.3. The molecule has 1 aliphatic carbocycles. The van der Waals surface area contributed by atoms with E-state index < -0.39 is 18.2 Å². The lowest BCUT2D eigenvalue weighted by Crippen LogP contribution is -2.30. The van der Waals surface area contributed by atoms with Crippen molar-refractivity contribution < 1.29 is 20.1 Å². The summed E-state index contributed by atoms with van der Waals surface area (Å²) in [6.45, 7) is 0. The summed E-state index contributed by atoms with van der Waals surface area (Å²) < 4.78 is 0. The number of aliphatic hydroxyl groups is 2. The van der Waals surface area contributed by atoms with Crippen LogP contribution in [0.4, 0.5) is 0 Å². The van der Waals surface area contributed by atoms with Crippen LogP contribution < -0.4 is 0 Å². The van der Waals surface area contributed by atoms with Crippen LogP contribution in [0, 0.1) is 5.92 Å². The summed E-state index contributed by atoms with van der Waals surface area (Å²) in [7, 11) is 0. The predicted molar refractivity (Wildman–Crippen MR) is 55.5 cm³/mol. The van der Waals surface area contributed by atoms with Gasteiger partial charge < -0.3 is 15.3 Å². The van der Waals surface area contributed by atoms with Gasteiger partial charge in [0, 0.05) is 0 Å². The minimum absolute atomic E-state index is 0.367. The van der Waals surface area contributed by atoms with E-state index in [9.17, 15) is 15.0 Å². The van der Waals surface area contributed by atoms with Crippen molar-refractivity contribution in [1.82, 2.24) is 0 Å². The number of aliphatic carboxylic acids is 1. The van der Waals surface area contributed by atoms with Gasteiger partial charge in [0.2, 0.25) is 0 Å². The van der Waals surface area contributed by atoms with Gasteiger partial charge >= 0.3 is 5.97 Å². The zero-order chi connectivity index (χ0) is 11.3. The van der Waals surface area contributed by atoms with Crippen LogP contribution in [0.1, 0.15) is 44.9 Å². The van der Waals surface area contributed by atoms with E-state index in [1.165, 1.54) is 19.3 Å². The van der Waals surface area contributed by atoms with Gasteiger partial charge in [-0.15, -0.1) is 0 Å². The molecule has 3 N–H and O–H groups in total. The summed E-state index contributed by atoms with van der Waals surface area (Å²) in [5.41, 5.74) is 0. The quantitative estimate of drug-likeness (QED) is 0.644. The van der Waals surface area contributed by atoms with Gasteiger partial charge in [0.05, 0.1) is 18.6 Å². The Hall–Kier alpha value is -0.610. The third-order valence-corrected chi connectivity index (χ3v) is 3.13. The highest BCUT2D eigenvalue weighted by atomic mass is 16.4. The molecule has 88 valence electrons. The van der Waals surface area contributed by atoms with E-state index in [4.69, 9.17) is 5.11 Å². The Kier molecular flexibility index (Phi) is 5.05. The van der Waals surface area contributed by atoms with Gasteiger partial charge in [0.1, 0.15) is 0 Å². The largest absolute Gasteiger partial charge is 0.481 e. The Morgan fingerprint density at radius 1 is 1.13 bits per heavy atom. The number of carboxylic acids is 1. The molecule has 2 atom stereocenters. The molecule has 0 amide bonds. The summed E-state index contributed by atoms with van der Waals surface area (Å²) in [5, 5.41) is 27.5. The molecular weight excluding hydrogens is 196 g/mol. The lowest BCUT2D eigenvalue weighted by atomic mass is 9.84. The van der Waals surface area contributed by atoms with Crippen LogP contribution >= 0.6 is 0 Å². The second-order valence-electron chi connectivity index (χ2n) is 4.47. The van der Waals surface area contributed by atoms with Crippen LogP contribution in [0.15, 0.2) is 0 Å². The third kappa shape index (κ3) is 4.62. The Bertz CT molecular complexity index is 199. The topological polar surface area (TPSA) is 77.8 Å². The molecule has 0 aromatic rings. The van der Waals surface area contributed by atoms with Gasteiger partial charge in [-0.3, -0.25) is 4.79 Å². The fourth-order valence-electron chi connectivity index (χ4n) is 2.24. The maximum atomic E-state index is 10.3. The van der Waals surface area contributed by atoms with Crippen LogP contribution in [-0.4, -0.2) is 33.5 Å². The Morgan fingerprint density at radius 3 is 2.27 bits per heavy atom. The second-order valence-corrected chi connectivity index (χ2v) is 4.47. The molecule has 0 bridgehead atoms. The molecule has 15 heavy (non-hydrogen) atoms. The standard InChI is InChI=1S/C11H20O4/c12-9(10(13)7-11(14)15)6-8-4-2-1-3-5-8/h8-10,12-13H,1-7H2,(H,14,15)/t9-,10-/m0/s1. The molecule has 4 heteroatoms. The van der Waals surface area contributed by atoms with Crippen LogP contribution in [0.25, 0.3) is 0 Å². The van der Waals surface area contributed by atoms with Crippen LogP contribution in [0.3, 0.4) is 0 Å². The number of hydrogen-bond donors (Lipinski definition) is 3. The first-order valence-electron chi connectivity index (χ1n) is 5.67. The maximum absolute atomic E-state index is 10.3. The fraction of sp³-hybridized carbons (Fsp3) is 0.909. The van der Waals surface area contributed by atoms with E-state index in [0.717, 1.165) is 12.8 Å². The van der Waals surface area contributed by atoms with Gasteiger partial charge in [0.25, 0.3) is 0 Å². The minimum Gasteiger partial charge on any atom is -0.481 e. The smallest absolute Gasteiger partial charge is 0.306 e. The van der Waals surface area contributed by atoms with E-state index in [-0.39, 0.29) is 6.42 Å². The Balaban J connectivity index is 2.26. The minimum atomic E-state index is -1.12. The summed E-state index contributed by atoms with van der Waals surface area (Å²) in [5.74, 6) is -0.609. The predicted octanol–water partition coefficient (Wildman–Crippen LogP) is 1.15. The Labute approximate surface area is 89.9 Å². The first kappa shape index (κ1) is 12.5. The van der Waals surface area contributed by atoms with Crippen LogP contribution in [0.2, 0.25) is 0 Å². The van der Waals surface area contributed by atoms with Gasteiger partial charge in [-0.2, -0.15) is 0 Å². The molecular formula is C11H20O4. The lowest BCUT2D eigenvalue weighted by Gasteiger charge is -2.25. The molecule has 0 saturated heterocycles. The molecule has 1 rings (SSSR count). The molecule has 1 saturated carbocycles. The molecule has 4 nitrogen and oxygen atoms in total. The fourth-order valence-corrected chi connectivity index (χ4v) is 2.24. The van der Waals surface area contributed by atoms with Gasteiger partial charge in [-0.1, -0.05) is 32.1 Å². The summed E-state index contributed by atoms with van der Waals surface area (Å²) in [6.07, 6.45) is 3.98. The zero-order valence-corrected chi connectivity index (χ0v) is 8.93. The van der Waals surface area contributed by atoms with E-state index in [0.29, 0.717) is 12.3 Å². The van der Waals surface area contributed by atoms with Gasteiger partial charge in [0.15, 0.2) is 0 Å². The first-order valence-corrected chi connectivity index (χ1v) is 5.67. The van der Waals surface area contributed by atoms with E-state index in [1.807, 2.05) is 0 Å². The molecule has 1 fully saturated rings. The molecule has 0 unspecified atom stereocenters. The summed E-state index contributed by atoms with van der Waals surface area (Å²) in [6, 6.07) is 0.